The number of carbonyl (C=O) groups excluding carboxylic acids is 1. The van der Waals surface area contributed by atoms with Gasteiger partial charge in [-0.25, -0.2) is 8.42 Å². The number of amides is 1. The van der Waals surface area contributed by atoms with Gasteiger partial charge in [-0.1, -0.05) is 6.07 Å². The number of nitrogens with two attached hydrogens (primary N) is 1. The first-order valence-corrected chi connectivity index (χ1v) is 8.38. The number of piperidine rings is 1. The maximum atomic E-state index is 12.7. The maximum Gasteiger partial charge on any atom is 0.243 e. The highest BCUT2D eigenvalue weighted by atomic mass is 32.2. The third-order valence-corrected chi connectivity index (χ3v) is 5.74. The summed E-state index contributed by atoms with van der Waals surface area (Å²) in [5.41, 5.74) is 6.83. The minimum atomic E-state index is -3.58. The zero-order valence-electron chi connectivity index (χ0n) is 12.3. The van der Waals surface area contributed by atoms with Crippen LogP contribution in [0.3, 0.4) is 0 Å². The monoisotopic (exact) mass is 311 g/mol. The molecule has 2 rings (SSSR count). The average molecular weight is 311 g/mol. The van der Waals surface area contributed by atoms with E-state index in [0.717, 1.165) is 12.8 Å². The first-order chi connectivity index (χ1) is 9.82. The average Bonchev–Trinajstić information content (AvgIpc) is 2.41. The van der Waals surface area contributed by atoms with Crippen LogP contribution < -0.4 is 11.1 Å². The van der Waals surface area contributed by atoms with Crippen molar-refractivity contribution in [3.05, 3.63) is 23.8 Å². The fraction of sp³-hybridized carbons (Fsp3) is 0.500. The highest BCUT2D eigenvalue weighted by Crippen LogP contribution is 2.26. The summed E-state index contributed by atoms with van der Waals surface area (Å²) in [6, 6.07) is 4.77. The summed E-state index contributed by atoms with van der Waals surface area (Å²) in [5, 5.41) is 2.79. The van der Waals surface area contributed by atoms with Crippen LogP contribution >= 0.6 is 0 Å². The van der Waals surface area contributed by atoms with Gasteiger partial charge in [-0.3, -0.25) is 4.79 Å². The molecule has 21 heavy (non-hydrogen) atoms. The van der Waals surface area contributed by atoms with E-state index in [0.29, 0.717) is 24.3 Å². The summed E-state index contributed by atoms with van der Waals surface area (Å²) < 4.78 is 26.9. The number of hydrogen-bond donors (Lipinski definition) is 2. The minimum absolute atomic E-state index is 0.132. The van der Waals surface area contributed by atoms with E-state index < -0.39 is 10.0 Å². The number of nitrogens with one attached hydrogen (secondary N) is 1. The van der Waals surface area contributed by atoms with Crippen molar-refractivity contribution in [3.8, 4) is 0 Å². The highest BCUT2D eigenvalue weighted by molar-refractivity contribution is 7.89. The SMILES string of the molecule is CC(=O)NC1CCCN(S(=O)(=O)c2cccc(N)c2C)C1. The molecule has 1 aromatic carbocycles. The Hall–Kier alpha value is -1.60. The molecule has 7 heteroatoms. The third kappa shape index (κ3) is 3.36. The fourth-order valence-electron chi connectivity index (χ4n) is 2.62. The number of anilines is 1. The first kappa shape index (κ1) is 15.8. The van der Waals surface area contributed by atoms with Gasteiger partial charge in [0.25, 0.3) is 0 Å². The van der Waals surface area contributed by atoms with Gasteiger partial charge in [-0.2, -0.15) is 4.31 Å². The predicted molar refractivity (Wildman–Crippen MR) is 81.2 cm³/mol. The molecular weight excluding hydrogens is 290 g/mol. The Morgan fingerprint density at radius 3 is 2.81 bits per heavy atom. The second-order valence-corrected chi connectivity index (χ2v) is 7.28. The molecule has 1 heterocycles. The lowest BCUT2D eigenvalue weighted by Gasteiger charge is -2.32. The van der Waals surface area contributed by atoms with Crippen molar-refractivity contribution in [3.63, 3.8) is 0 Å². The van der Waals surface area contributed by atoms with Crippen molar-refractivity contribution in [2.45, 2.75) is 37.6 Å². The largest absolute Gasteiger partial charge is 0.398 e. The van der Waals surface area contributed by atoms with E-state index in [4.69, 9.17) is 5.73 Å². The summed E-state index contributed by atoms with van der Waals surface area (Å²) >= 11 is 0. The quantitative estimate of drug-likeness (QED) is 0.810. The van der Waals surface area contributed by atoms with Crippen molar-refractivity contribution in [1.29, 1.82) is 0 Å². The van der Waals surface area contributed by atoms with Crippen LogP contribution in [0.1, 0.15) is 25.3 Å². The number of sulfonamides is 1. The van der Waals surface area contributed by atoms with Gasteiger partial charge in [0.05, 0.1) is 4.90 Å². The Morgan fingerprint density at radius 1 is 1.43 bits per heavy atom. The Morgan fingerprint density at radius 2 is 2.14 bits per heavy atom. The van der Waals surface area contributed by atoms with Crippen LogP contribution in [0.15, 0.2) is 23.1 Å². The van der Waals surface area contributed by atoms with Gasteiger partial charge in [-0.15, -0.1) is 0 Å². The molecule has 0 spiro atoms. The fourth-order valence-corrected chi connectivity index (χ4v) is 4.40. The Labute approximate surface area is 125 Å². The molecule has 0 radical (unpaired) electrons. The first-order valence-electron chi connectivity index (χ1n) is 6.94. The number of carbonyl (C=O) groups is 1. The number of rotatable bonds is 3. The Kier molecular flexibility index (Phi) is 4.53. The van der Waals surface area contributed by atoms with Crippen LogP contribution in [0.4, 0.5) is 5.69 Å². The molecule has 1 amide bonds. The molecular formula is C14H21N3O3S. The van der Waals surface area contributed by atoms with Gasteiger partial charge >= 0.3 is 0 Å². The lowest BCUT2D eigenvalue weighted by atomic mass is 10.1. The summed E-state index contributed by atoms with van der Waals surface area (Å²) in [5.74, 6) is -0.139. The van der Waals surface area contributed by atoms with Gasteiger partial charge in [0.1, 0.15) is 0 Å². The van der Waals surface area contributed by atoms with Gasteiger partial charge in [-0.05, 0) is 37.5 Å². The summed E-state index contributed by atoms with van der Waals surface area (Å²) in [6.45, 7) is 3.91. The van der Waals surface area contributed by atoms with Crippen molar-refractivity contribution in [2.75, 3.05) is 18.8 Å². The molecule has 0 aliphatic carbocycles. The van der Waals surface area contributed by atoms with E-state index in [1.807, 2.05) is 0 Å². The molecule has 1 saturated heterocycles. The molecule has 0 bridgehead atoms. The van der Waals surface area contributed by atoms with Crippen LogP contribution in [0.5, 0.6) is 0 Å². The number of nitrogens with zero attached hydrogens (tertiary/aromatic N) is 1. The van der Waals surface area contributed by atoms with Gasteiger partial charge in [0, 0.05) is 31.7 Å². The molecule has 0 aromatic heterocycles. The van der Waals surface area contributed by atoms with Gasteiger partial charge in [0.15, 0.2) is 0 Å². The van der Waals surface area contributed by atoms with Gasteiger partial charge < -0.3 is 11.1 Å². The van der Waals surface area contributed by atoms with Gasteiger partial charge in [0.2, 0.25) is 15.9 Å². The molecule has 1 aliphatic heterocycles. The van der Waals surface area contributed by atoms with E-state index in [1.54, 1.807) is 25.1 Å². The van der Waals surface area contributed by atoms with Crippen LogP contribution in [0.2, 0.25) is 0 Å². The van der Waals surface area contributed by atoms with Crippen molar-refractivity contribution >= 4 is 21.6 Å². The standard InChI is InChI=1S/C14H21N3O3S/c1-10-13(15)6-3-7-14(10)21(19,20)17-8-4-5-12(9-17)16-11(2)18/h3,6-7,12H,4-5,8-9,15H2,1-2H3,(H,16,18). The number of hydrogen-bond acceptors (Lipinski definition) is 4. The molecule has 1 atom stereocenters. The van der Waals surface area contributed by atoms with E-state index in [1.165, 1.54) is 11.2 Å². The third-order valence-electron chi connectivity index (χ3n) is 3.74. The second kappa shape index (κ2) is 6.03. The maximum absolute atomic E-state index is 12.7. The minimum Gasteiger partial charge on any atom is -0.398 e. The summed E-state index contributed by atoms with van der Waals surface area (Å²) in [7, 11) is -3.58. The topological polar surface area (TPSA) is 92.5 Å². The van der Waals surface area contributed by atoms with Crippen molar-refractivity contribution in [1.82, 2.24) is 9.62 Å². The smallest absolute Gasteiger partial charge is 0.243 e. The molecule has 116 valence electrons. The van der Waals surface area contributed by atoms with Crippen LogP contribution in [0, 0.1) is 6.92 Å². The van der Waals surface area contributed by atoms with E-state index in [2.05, 4.69) is 5.32 Å². The van der Waals surface area contributed by atoms with Crippen LogP contribution in [-0.2, 0) is 14.8 Å². The second-order valence-electron chi connectivity index (χ2n) is 5.37. The van der Waals surface area contributed by atoms with E-state index in [9.17, 15) is 13.2 Å². The zero-order chi connectivity index (χ0) is 15.6. The van der Waals surface area contributed by atoms with Crippen molar-refractivity contribution in [2.24, 2.45) is 0 Å². The molecule has 3 N–H and O–H groups in total. The van der Waals surface area contributed by atoms with E-state index >= 15 is 0 Å². The van der Waals surface area contributed by atoms with E-state index in [-0.39, 0.29) is 16.8 Å². The number of benzene rings is 1. The lowest BCUT2D eigenvalue weighted by Crippen LogP contribution is -2.49. The lowest BCUT2D eigenvalue weighted by molar-refractivity contribution is -0.119. The normalized spacial score (nSPS) is 20.2. The van der Waals surface area contributed by atoms with Crippen LogP contribution in [0.25, 0.3) is 0 Å². The molecule has 1 aromatic rings. The summed E-state index contributed by atoms with van der Waals surface area (Å²) in [4.78, 5) is 11.4. The van der Waals surface area contributed by atoms with Crippen molar-refractivity contribution < 1.29 is 13.2 Å². The Bertz CT molecular complexity index is 643. The van der Waals surface area contributed by atoms with Crippen LogP contribution in [-0.4, -0.2) is 37.8 Å². The summed E-state index contributed by atoms with van der Waals surface area (Å²) in [6.07, 6.45) is 1.52. The molecule has 0 saturated carbocycles. The molecule has 6 nitrogen and oxygen atoms in total. The zero-order valence-corrected chi connectivity index (χ0v) is 13.1. The number of nitrogen functional groups attached to an aromatic ring is 1. The molecule has 1 fully saturated rings. The predicted octanol–water partition coefficient (Wildman–Crippen LogP) is 0.866. The molecule has 1 unspecified atom stereocenters. The molecule has 1 aliphatic rings. The highest BCUT2D eigenvalue weighted by Gasteiger charge is 2.31. The Balaban J connectivity index is 2.27.